The van der Waals surface area contributed by atoms with Crippen molar-refractivity contribution in [3.8, 4) is 0 Å². The van der Waals surface area contributed by atoms with Crippen LogP contribution in [0.3, 0.4) is 0 Å². The van der Waals surface area contributed by atoms with Crippen LogP contribution < -0.4 is 5.73 Å². The van der Waals surface area contributed by atoms with Gasteiger partial charge in [-0.25, -0.2) is 0 Å². The highest BCUT2D eigenvalue weighted by atomic mass is 16.5. The van der Waals surface area contributed by atoms with Gasteiger partial charge in [0, 0.05) is 17.1 Å². The molecule has 2 N–H and O–H groups in total. The Morgan fingerprint density at radius 2 is 1.96 bits per heavy atom. The standard InChI is InChI=1S/C21H27NO3/c1-12-6-5-7-16-19(12,2)8-9-21(4)20(16,3)11-13-17(24)14(22)10-15(23)18(13)25-21/h10,16H,1,5-9,11,22H2,2-4H3. The maximum absolute atomic E-state index is 12.6. The highest BCUT2D eigenvalue weighted by Gasteiger charge is 2.64. The van der Waals surface area contributed by atoms with E-state index in [9.17, 15) is 9.59 Å². The monoisotopic (exact) mass is 341 g/mol. The molecule has 0 spiro atoms. The fraction of sp³-hybridized carbons (Fsp3) is 0.619. The van der Waals surface area contributed by atoms with Gasteiger partial charge in [-0.3, -0.25) is 9.59 Å². The molecule has 1 heterocycles. The second-order valence-corrected chi connectivity index (χ2v) is 8.99. The third kappa shape index (κ3) is 1.94. The first-order valence-corrected chi connectivity index (χ1v) is 9.29. The van der Waals surface area contributed by atoms with E-state index >= 15 is 0 Å². The van der Waals surface area contributed by atoms with E-state index in [4.69, 9.17) is 10.5 Å². The minimum atomic E-state index is -0.441. The highest BCUT2D eigenvalue weighted by molar-refractivity contribution is 6.21. The molecule has 4 rings (SSSR count). The van der Waals surface area contributed by atoms with Crippen molar-refractivity contribution < 1.29 is 14.3 Å². The number of hydrogen-bond donors (Lipinski definition) is 1. The summed E-state index contributed by atoms with van der Waals surface area (Å²) in [5, 5.41) is 0. The first-order chi connectivity index (χ1) is 11.6. The van der Waals surface area contributed by atoms with Crippen LogP contribution in [0.15, 0.2) is 35.3 Å². The maximum atomic E-state index is 12.6. The lowest BCUT2D eigenvalue weighted by Gasteiger charge is -2.64. The second kappa shape index (κ2) is 4.87. The number of Topliss-reactive ketones (excluding diaryl/α,β-unsaturated/α-hetero) is 1. The van der Waals surface area contributed by atoms with Crippen molar-refractivity contribution in [3.05, 3.63) is 35.3 Å². The summed E-state index contributed by atoms with van der Waals surface area (Å²) in [6, 6.07) is 0. The molecule has 0 bridgehead atoms. The van der Waals surface area contributed by atoms with Crippen molar-refractivity contribution in [3.63, 3.8) is 0 Å². The molecule has 0 saturated heterocycles. The number of nitrogens with two attached hydrogens (primary N) is 1. The molecule has 4 heteroatoms. The SMILES string of the molecule is C=C1CCCC2C1(C)CCC1(C)OC3=C(CC21C)C(=O)C(N)=CC3=O. The lowest BCUT2D eigenvalue weighted by Crippen LogP contribution is -2.62. The third-order valence-corrected chi connectivity index (χ3v) is 7.84. The largest absolute Gasteiger partial charge is 0.482 e. The molecule has 4 nitrogen and oxygen atoms in total. The molecule has 25 heavy (non-hydrogen) atoms. The number of ether oxygens (including phenoxy) is 1. The summed E-state index contributed by atoms with van der Waals surface area (Å²) in [6.45, 7) is 11.1. The molecule has 2 fully saturated rings. The quantitative estimate of drug-likeness (QED) is 0.540. The van der Waals surface area contributed by atoms with Crippen LogP contribution >= 0.6 is 0 Å². The molecule has 1 aliphatic heterocycles. The van der Waals surface area contributed by atoms with E-state index in [1.165, 1.54) is 11.6 Å². The van der Waals surface area contributed by atoms with Gasteiger partial charge in [-0.05, 0) is 56.8 Å². The summed E-state index contributed by atoms with van der Waals surface area (Å²) >= 11 is 0. The molecule has 0 amide bonds. The van der Waals surface area contributed by atoms with Gasteiger partial charge in [0.2, 0.25) is 11.6 Å². The van der Waals surface area contributed by atoms with Gasteiger partial charge in [-0.15, -0.1) is 0 Å². The molecule has 0 aromatic rings. The normalized spacial score (nSPS) is 43.7. The van der Waals surface area contributed by atoms with Gasteiger partial charge in [0.05, 0.1) is 5.70 Å². The van der Waals surface area contributed by atoms with Crippen LogP contribution in [0.25, 0.3) is 0 Å². The number of carbonyl (C=O) groups excluding carboxylic acids is 2. The summed E-state index contributed by atoms with van der Waals surface area (Å²) in [6.07, 6.45) is 6.99. The number of rotatable bonds is 0. The van der Waals surface area contributed by atoms with Crippen LogP contribution in [0.2, 0.25) is 0 Å². The summed E-state index contributed by atoms with van der Waals surface area (Å²) in [5.74, 6) is 0.123. The van der Waals surface area contributed by atoms with E-state index in [-0.39, 0.29) is 33.9 Å². The lowest BCUT2D eigenvalue weighted by atomic mass is 9.44. The van der Waals surface area contributed by atoms with Crippen LogP contribution in [0.4, 0.5) is 0 Å². The predicted molar refractivity (Wildman–Crippen MR) is 95.3 cm³/mol. The van der Waals surface area contributed by atoms with Crippen molar-refractivity contribution in [1.29, 1.82) is 0 Å². The smallest absolute Gasteiger partial charge is 0.223 e. The first-order valence-electron chi connectivity index (χ1n) is 9.29. The molecule has 2 saturated carbocycles. The van der Waals surface area contributed by atoms with Gasteiger partial charge in [0.25, 0.3) is 0 Å². The van der Waals surface area contributed by atoms with Crippen LogP contribution in [0, 0.1) is 16.7 Å². The van der Waals surface area contributed by atoms with Gasteiger partial charge in [0.1, 0.15) is 5.60 Å². The fourth-order valence-electron chi connectivity index (χ4n) is 5.94. The first kappa shape index (κ1) is 16.6. The molecule has 134 valence electrons. The maximum Gasteiger partial charge on any atom is 0.223 e. The van der Waals surface area contributed by atoms with Gasteiger partial charge in [-0.1, -0.05) is 26.0 Å². The second-order valence-electron chi connectivity index (χ2n) is 8.99. The van der Waals surface area contributed by atoms with Crippen molar-refractivity contribution in [1.82, 2.24) is 0 Å². The Morgan fingerprint density at radius 3 is 2.68 bits per heavy atom. The average molecular weight is 341 g/mol. The van der Waals surface area contributed by atoms with E-state index in [0.29, 0.717) is 17.9 Å². The summed E-state index contributed by atoms with van der Waals surface area (Å²) < 4.78 is 6.32. The Balaban J connectivity index is 1.83. The molecule has 0 aromatic heterocycles. The van der Waals surface area contributed by atoms with Gasteiger partial charge >= 0.3 is 0 Å². The number of fused-ring (bicyclic) bond motifs is 3. The number of ketones is 2. The van der Waals surface area contributed by atoms with Crippen molar-refractivity contribution in [2.75, 3.05) is 0 Å². The van der Waals surface area contributed by atoms with Crippen LogP contribution in [-0.4, -0.2) is 17.2 Å². The van der Waals surface area contributed by atoms with Gasteiger partial charge < -0.3 is 10.5 Å². The molecule has 4 aliphatic rings. The molecule has 3 aliphatic carbocycles. The van der Waals surface area contributed by atoms with Gasteiger partial charge in [0.15, 0.2) is 5.76 Å². The Morgan fingerprint density at radius 1 is 1.24 bits per heavy atom. The summed E-state index contributed by atoms with van der Waals surface area (Å²) in [4.78, 5) is 25.0. The topological polar surface area (TPSA) is 69.4 Å². The average Bonchev–Trinajstić information content (AvgIpc) is 2.55. The number of carbonyl (C=O) groups is 2. The Bertz CT molecular complexity index is 776. The van der Waals surface area contributed by atoms with Crippen molar-refractivity contribution in [2.24, 2.45) is 22.5 Å². The molecule has 0 aromatic carbocycles. The molecular formula is C21H27NO3. The van der Waals surface area contributed by atoms with Crippen LogP contribution in [0.1, 0.15) is 59.3 Å². The van der Waals surface area contributed by atoms with E-state index < -0.39 is 5.60 Å². The van der Waals surface area contributed by atoms with Gasteiger partial charge in [-0.2, -0.15) is 0 Å². The minimum absolute atomic E-state index is 0.0335. The number of allylic oxidation sites excluding steroid dienone is 3. The number of hydrogen-bond acceptors (Lipinski definition) is 4. The zero-order valence-electron chi connectivity index (χ0n) is 15.4. The molecule has 0 radical (unpaired) electrons. The molecule has 4 unspecified atom stereocenters. The summed E-state index contributed by atoms with van der Waals surface area (Å²) in [5.41, 5.74) is 7.05. The Hall–Kier alpha value is -1.84. The van der Waals surface area contributed by atoms with E-state index in [0.717, 1.165) is 32.1 Å². The lowest BCUT2D eigenvalue weighted by molar-refractivity contribution is -0.191. The van der Waals surface area contributed by atoms with Crippen LogP contribution in [-0.2, 0) is 14.3 Å². The zero-order chi connectivity index (χ0) is 18.2. The minimum Gasteiger partial charge on any atom is -0.482 e. The third-order valence-electron chi connectivity index (χ3n) is 7.84. The van der Waals surface area contributed by atoms with Crippen molar-refractivity contribution >= 4 is 11.6 Å². The molecular weight excluding hydrogens is 314 g/mol. The Labute approximate surface area is 149 Å². The van der Waals surface area contributed by atoms with E-state index in [1.807, 2.05) is 0 Å². The Kier molecular flexibility index (Phi) is 3.23. The van der Waals surface area contributed by atoms with E-state index in [1.54, 1.807) is 0 Å². The zero-order valence-corrected chi connectivity index (χ0v) is 15.4. The predicted octanol–water partition coefficient (Wildman–Crippen LogP) is 3.58. The highest BCUT2D eigenvalue weighted by Crippen LogP contribution is 2.67. The van der Waals surface area contributed by atoms with E-state index in [2.05, 4.69) is 27.4 Å². The fourth-order valence-corrected chi connectivity index (χ4v) is 5.94. The van der Waals surface area contributed by atoms with Crippen LogP contribution in [0.5, 0.6) is 0 Å². The molecule has 4 atom stereocenters. The van der Waals surface area contributed by atoms with Crippen molar-refractivity contribution in [2.45, 2.75) is 64.9 Å². The summed E-state index contributed by atoms with van der Waals surface area (Å²) in [7, 11) is 0.